The van der Waals surface area contributed by atoms with Crippen LogP contribution in [0.15, 0.2) is 0 Å². The van der Waals surface area contributed by atoms with Gasteiger partial charge in [0.15, 0.2) is 37.4 Å². The highest BCUT2D eigenvalue weighted by atomic mass is 16.8. The van der Waals surface area contributed by atoms with Gasteiger partial charge in [-0.3, -0.25) is 9.59 Å². The Morgan fingerprint density at radius 1 is 0.593 bits per heavy atom. The Hall–Kier alpha value is -2.64. The summed E-state index contributed by atoms with van der Waals surface area (Å²) in [5.74, 6) is -6.98. The molecule has 0 bridgehead atoms. The maximum absolute atomic E-state index is 12.6. The van der Waals surface area contributed by atoms with Crippen molar-refractivity contribution >= 4 is 23.8 Å². The third-order valence-electron chi connectivity index (χ3n) is 10.5. The number of hydrogen-bond acceptors (Lipinski definition) is 17. The fourth-order valence-electron chi connectivity index (χ4n) is 7.32. The van der Waals surface area contributed by atoms with Crippen molar-refractivity contribution < 1.29 is 92.8 Å². The zero-order valence-corrected chi connectivity index (χ0v) is 31.0. The molecule has 0 aromatic rings. The summed E-state index contributed by atoms with van der Waals surface area (Å²) in [6, 6.07) is -2.44. The van der Waals surface area contributed by atoms with Crippen LogP contribution >= 0.6 is 0 Å². The first-order valence-corrected chi connectivity index (χ1v) is 17.8. The Bertz CT molecular complexity index is 1310. The fraction of sp³-hybridized carbons (Fsp3) is 0.879. The van der Waals surface area contributed by atoms with Gasteiger partial charge in [0.05, 0.1) is 31.0 Å². The molecule has 4 heterocycles. The van der Waals surface area contributed by atoms with Crippen LogP contribution in [0.2, 0.25) is 0 Å². The van der Waals surface area contributed by atoms with Gasteiger partial charge < -0.3 is 84.3 Å². The van der Waals surface area contributed by atoms with E-state index in [2.05, 4.69) is 10.6 Å². The van der Waals surface area contributed by atoms with Crippen molar-refractivity contribution in [3.05, 3.63) is 0 Å². The lowest BCUT2D eigenvalue weighted by atomic mass is 9.88. The first-order chi connectivity index (χ1) is 25.4. The number of ether oxygens (including phenoxy) is 8. The third-order valence-corrected chi connectivity index (χ3v) is 10.5. The van der Waals surface area contributed by atoms with Gasteiger partial charge in [-0.1, -0.05) is 27.7 Å². The summed E-state index contributed by atoms with van der Waals surface area (Å²) in [6.45, 7) is 7.90. The number of carboxylic acid groups (broad SMARTS) is 2. The number of aliphatic hydroxyl groups is 5. The quantitative estimate of drug-likeness (QED) is 0.0880. The van der Waals surface area contributed by atoms with Gasteiger partial charge in [0.1, 0.15) is 42.7 Å². The second kappa shape index (κ2) is 18.5. The molecular formula is C33H54N2O19. The van der Waals surface area contributed by atoms with Crippen molar-refractivity contribution in [2.75, 3.05) is 13.7 Å². The standard InChI is InChI=1S/C33H54N2O19/c1-8-15-22(42)24(18(35-14(6)38)32(48-15)50-23-11(3)21(41)33(47-7)54-26(23)28(43)44)51-30-12(4)20(40)25(27(53-30)29(45)46)52-31-17(34-13(5)37)10(2)19(39)16(9-36)49-31/h10-12,15-27,30-33,36,39-42H,8-9H2,1-7H3,(H,34,37)(H,35,38)(H,43,44)(H,45,46)/t10-,11-,12?,15?,16?,17?,18?,19+,20-,21?,22-,23+,24-,25+,26?,27?,30-,31+,32+,33-/m1/s1. The van der Waals surface area contributed by atoms with E-state index in [1.807, 2.05) is 0 Å². The number of amides is 2. The van der Waals surface area contributed by atoms with Crippen LogP contribution in [0.4, 0.5) is 0 Å². The fourth-order valence-corrected chi connectivity index (χ4v) is 7.32. The Morgan fingerprint density at radius 2 is 1.09 bits per heavy atom. The SMILES string of the molecule is CCC1O[C@@H](O[C@@H]2C(C(=O)O)O[C@@H](OC)C(O)[C@H]2C)C(NC(C)=O)[C@@H](O[C@@H]2OC(C(=O)O)[C@@H](O[C@@H]3OC(CO)[C@@H](O)[C@H](C)C3NC(C)=O)[C@H](O)C2C)[C@@H]1O. The van der Waals surface area contributed by atoms with E-state index in [4.69, 9.17) is 37.9 Å². The molecule has 4 aliphatic rings. The van der Waals surface area contributed by atoms with E-state index in [9.17, 15) is 54.9 Å². The highest BCUT2D eigenvalue weighted by Crippen LogP contribution is 2.38. The van der Waals surface area contributed by atoms with E-state index in [-0.39, 0.29) is 6.42 Å². The van der Waals surface area contributed by atoms with Crippen LogP contribution in [0.25, 0.3) is 0 Å². The number of hydrogen-bond donors (Lipinski definition) is 9. The molecule has 0 saturated carbocycles. The second-order valence-corrected chi connectivity index (χ2v) is 14.2. The lowest BCUT2D eigenvalue weighted by molar-refractivity contribution is -0.359. The molecule has 21 nitrogen and oxygen atoms in total. The van der Waals surface area contributed by atoms with Gasteiger partial charge in [-0.2, -0.15) is 0 Å². The molecule has 21 heteroatoms. The molecule has 4 rings (SSSR count). The molecule has 0 aliphatic carbocycles. The normalized spacial score (nSPS) is 45.6. The Kier molecular flexibility index (Phi) is 15.1. The average molecular weight is 783 g/mol. The summed E-state index contributed by atoms with van der Waals surface area (Å²) in [7, 11) is 1.23. The van der Waals surface area contributed by atoms with Crippen molar-refractivity contribution in [1.82, 2.24) is 10.6 Å². The predicted octanol–water partition coefficient (Wildman–Crippen LogP) is -3.38. The molecule has 0 spiro atoms. The number of carbonyl (C=O) groups is 4. The summed E-state index contributed by atoms with van der Waals surface area (Å²) >= 11 is 0. The molecule has 4 aliphatic heterocycles. The topological polar surface area (TPSA) is 308 Å². The number of rotatable bonds is 13. The number of nitrogens with one attached hydrogen (secondary N) is 2. The van der Waals surface area contributed by atoms with Crippen LogP contribution in [0.3, 0.4) is 0 Å². The summed E-state index contributed by atoms with van der Waals surface area (Å²) in [5.41, 5.74) is 0. The first-order valence-electron chi connectivity index (χ1n) is 17.8. The van der Waals surface area contributed by atoms with E-state index in [1.165, 1.54) is 27.9 Å². The number of aliphatic hydroxyl groups excluding tert-OH is 5. The van der Waals surface area contributed by atoms with Gasteiger partial charge in [-0.25, -0.2) is 9.59 Å². The smallest absolute Gasteiger partial charge is 0.335 e. The summed E-state index contributed by atoms with van der Waals surface area (Å²) < 4.78 is 46.5. The molecule has 54 heavy (non-hydrogen) atoms. The summed E-state index contributed by atoms with van der Waals surface area (Å²) in [4.78, 5) is 49.4. The summed E-state index contributed by atoms with van der Waals surface area (Å²) in [6.07, 6.45) is -21.8. The number of methoxy groups -OCH3 is 1. The van der Waals surface area contributed by atoms with Gasteiger partial charge in [0, 0.05) is 38.7 Å². The van der Waals surface area contributed by atoms with Crippen LogP contribution in [-0.2, 0) is 57.1 Å². The summed E-state index contributed by atoms with van der Waals surface area (Å²) in [5, 5.41) is 79.6. The highest BCUT2D eigenvalue weighted by molar-refractivity contribution is 5.74. The molecule has 20 atom stereocenters. The van der Waals surface area contributed by atoms with Crippen molar-refractivity contribution in [2.45, 2.75) is 152 Å². The molecule has 4 fully saturated rings. The van der Waals surface area contributed by atoms with Gasteiger partial charge in [0.25, 0.3) is 0 Å². The van der Waals surface area contributed by atoms with E-state index in [1.54, 1.807) is 13.8 Å². The second-order valence-electron chi connectivity index (χ2n) is 14.2. The Balaban J connectivity index is 1.62. The maximum Gasteiger partial charge on any atom is 0.335 e. The van der Waals surface area contributed by atoms with E-state index >= 15 is 0 Å². The molecule has 310 valence electrons. The van der Waals surface area contributed by atoms with Crippen LogP contribution in [0, 0.1) is 17.8 Å². The molecule has 2 amide bonds. The average Bonchev–Trinajstić information content (AvgIpc) is 3.11. The van der Waals surface area contributed by atoms with Gasteiger partial charge in [-0.15, -0.1) is 0 Å². The van der Waals surface area contributed by atoms with E-state index < -0.39 is 153 Å². The van der Waals surface area contributed by atoms with Crippen LogP contribution in [-0.4, -0.2) is 178 Å². The zero-order chi connectivity index (χ0) is 40.3. The molecule has 4 saturated heterocycles. The molecular weight excluding hydrogens is 728 g/mol. The minimum absolute atomic E-state index is 0.150. The minimum Gasteiger partial charge on any atom is -0.479 e. The lowest BCUT2D eigenvalue weighted by Gasteiger charge is -2.50. The van der Waals surface area contributed by atoms with Gasteiger partial charge >= 0.3 is 11.9 Å². The van der Waals surface area contributed by atoms with Crippen molar-refractivity contribution in [2.24, 2.45) is 17.8 Å². The van der Waals surface area contributed by atoms with Crippen molar-refractivity contribution in [1.29, 1.82) is 0 Å². The number of carboxylic acids is 2. The van der Waals surface area contributed by atoms with Crippen LogP contribution < -0.4 is 10.6 Å². The van der Waals surface area contributed by atoms with Crippen LogP contribution in [0.1, 0.15) is 48.0 Å². The highest BCUT2D eigenvalue weighted by Gasteiger charge is 2.56. The molecule has 9 N–H and O–H groups in total. The third kappa shape index (κ3) is 9.31. The number of carbonyl (C=O) groups excluding carboxylic acids is 2. The molecule has 0 aromatic carbocycles. The molecule has 0 radical (unpaired) electrons. The van der Waals surface area contributed by atoms with Crippen molar-refractivity contribution in [3.63, 3.8) is 0 Å². The van der Waals surface area contributed by atoms with Gasteiger partial charge in [0.2, 0.25) is 11.8 Å². The Morgan fingerprint density at radius 3 is 1.63 bits per heavy atom. The molecule has 0 aromatic heterocycles. The van der Waals surface area contributed by atoms with Crippen molar-refractivity contribution in [3.8, 4) is 0 Å². The van der Waals surface area contributed by atoms with Crippen LogP contribution in [0.5, 0.6) is 0 Å². The van der Waals surface area contributed by atoms with Gasteiger partial charge in [-0.05, 0) is 6.42 Å². The maximum atomic E-state index is 12.6. The van der Waals surface area contributed by atoms with E-state index in [0.29, 0.717) is 0 Å². The largest absolute Gasteiger partial charge is 0.479 e. The number of aliphatic carboxylic acids is 2. The minimum atomic E-state index is -1.95. The predicted molar refractivity (Wildman–Crippen MR) is 176 cm³/mol. The first kappa shape index (κ1) is 44.1. The monoisotopic (exact) mass is 782 g/mol. The zero-order valence-electron chi connectivity index (χ0n) is 31.0. The van der Waals surface area contributed by atoms with E-state index in [0.717, 1.165) is 6.92 Å². The lowest BCUT2D eigenvalue weighted by Crippen LogP contribution is -2.69. The molecule has 8 unspecified atom stereocenters. The Labute approximate surface area is 311 Å².